The lowest BCUT2D eigenvalue weighted by molar-refractivity contribution is -0.192. The third-order valence-corrected chi connectivity index (χ3v) is 9.28. The highest BCUT2D eigenvalue weighted by molar-refractivity contribution is 6.14. The van der Waals surface area contributed by atoms with Gasteiger partial charge in [-0.2, -0.15) is 18.2 Å². The summed E-state index contributed by atoms with van der Waals surface area (Å²) in [4.78, 5) is 82.2. The molecule has 57 heavy (non-hydrogen) atoms. The van der Waals surface area contributed by atoms with Gasteiger partial charge in [-0.05, 0) is 60.7 Å². The molecule has 3 heterocycles. The molecule has 1 aromatic heterocycles. The first-order chi connectivity index (χ1) is 27.1. The number of rotatable bonds is 13. The van der Waals surface area contributed by atoms with Crippen LogP contribution in [0.1, 0.15) is 40.0 Å². The van der Waals surface area contributed by atoms with E-state index in [1.54, 1.807) is 37.3 Å². The zero-order valence-electron chi connectivity index (χ0n) is 30.6. The normalized spacial score (nSPS) is 18.5. The van der Waals surface area contributed by atoms with E-state index in [1.165, 1.54) is 12.0 Å². The van der Waals surface area contributed by atoms with Crippen molar-refractivity contribution in [1.82, 2.24) is 20.6 Å². The number of anilines is 3. The number of hydrogen-bond donors (Lipinski definition) is 4. The molecule has 0 saturated carbocycles. The van der Waals surface area contributed by atoms with Crippen LogP contribution in [0.2, 0.25) is 0 Å². The Morgan fingerprint density at radius 3 is 2.25 bits per heavy atom. The molecule has 2 aliphatic heterocycles. The molecule has 15 nitrogen and oxygen atoms in total. The number of fused-ring (bicyclic) bond motifs is 1. The maximum atomic E-state index is 13.8. The second kappa shape index (κ2) is 17.0. The van der Waals surface area contributed by atoms with Gasteiger partial charge in [-0.15, -0.1) is 0 Å². The first-order valence-corrected chi connectivity index (χ1v) is 17.3. The number of carbonyl (C=O) groups excluding carboxylic acids is 5. The number of hydrogen-bond acceptors (Lipinski definition) is 12. The standard InChI is InChI=1S/C37H36N6O7.C2HF3O2/c1-23-17-31(41-35(38)40-23)50-16-6-7-24-10-12-30-28(18-24)33(47)39-21-32(46)43(30)29-13-11-25(19-27(29)26-8-4-3-5-9-26)20-37(34(48)49-2)36(22-45,42-37)14-15-44;3-2(4,5)1(6)7/h3-5,8-13,15,17-19,22,42H,6-7,14,16,20-21H2,1-2H3,(H,39,47)(H2,38,40,41);(H,6,7)/t36?,37-;/m0./s1. The quantitative estimate of drug-likeness (QED) is 0.0657. The number of aliphatic carboxylic acids is 1. The first kappa shape index (κ1) is 41.5. The molecule has 5 N–H and O–H groups in total. The number of carboxylic acids is 1. The number of aldehydes is 2. The number of nitrogens with one attached hydrogen (secondary N) is 2. The van der Waals surface area contributed by atoms with Crippen LogP contribution in [0.15, 0.2) is 72.8 Å². The van der Waals surface area contributed by atoms with Gasteiger partial charge in [0.1, 0.15) is 23.7 Å². The molecular formula is C39H37F3N6O9. The summed E-state index contributed by atoms with van der Waals surface area (Å²) in [7, 11) is 1.23. The fraction of sp³-hybridized carbons (Fsp3) is 0.282. The highest BCUT2D eigenvalue weighted by Gasteiger charge is 2.72. The number of benzene rings is 3. The molecule has 2 amide bonds. The van der Waals surface area contributed by atoms with Gasteiger partial charge >= 0.3 is 18.1 Å². The molecule has 18 heteroatoms. The number of carbonyl (C=O) groups is 6. The van der Waals surface area contributed by atoms with Crippen molar-refractivity contribution in [2.24, 2.45) is 0 Å². The molecule has 6 rings (SSSR count). The second-order valence-electron chi connectivity index (χ2n) is 13.1. The summed E-state index contributed by atoms with van der Waals surface area (Å²) < 4.78 is 42.5. The summed E-state index contributed by atoms with van der Waals surface area (Å²) in [5.74, 6) is -3.60. The maximum Gasteiger partial charge on any atom is 0.490 e. The van der Waals surface area contributed by atoms with Gasteiger partial charge in [0, 0.05) is 30.2 Å². The molecular weight excluding hydrogens is 753 g/mol. The largest absolute Gasteiger partial charge is 0.490 e. The summed E-state index contributed by atoms with van der Waals surface area (Å²) in [5.41, 5.74) is 7.87. The number of nitrogens with two attached hydrogens (primary N) is 1. The van der Waals surface area contributed by atoms with Crippen molar-refractivity contribution >= 4 is 53.6 Å². The topological polar surface area (TPSA) is 230 Å². The predicted octanol–water partition coefficient (Wildman–Crippen LogP) is 3.67. The van der Waals surface area contributed by atoms with Crippen LogP contribution < -0.4 is 26.0 Å². The number of carboxylic acid groups (broad SMARTS) is 1. The minimum absolute atomic E-state index is 0.0498. The van der Waals surface area contributed by atoms with Gasteiger partial charge in [-0.25, -0.2) is 14.6 Å². The molecule has 2 aliphatic rings. The Balaban J connectivity index is 0.000000811. The summed E-state index contributed by atoms with van der Waals surface area (Å²) in [6.07, 6.45) is -2.82. The average molecular weight is 791 g/mol. The molecule has 3 aromatic carbocycles. The van der Waals surface area contributed by atoms with E-state index in [9.17, 15) is 37.1 Å². The van der Waals surface area contributed by atoms with E-state index in [1.807, 2.05) is 42.5 Å². The van der Waals surface area contributed by atoms with E-state index in [2.05, 4.69) is 20.6 Å². The summed E-state index contributed by atoms with van der Waals surface area (Å²) >= 11 is 0. The molecule has 0 aliphatic carbocycles. The fourth-order valence-corrected chi connectivity index (χ4v) is 6.54. The smallest absolute Gasteiger partial charge is 0.478 e. The summed E-state index contributed by atoms with van der Waals surface area (Å²) in [6.45, 7) is 1.95. The van der Waals surface area contributed by atoms with Gasteiger partial charge in [-0.1, -0.05) is 42.5 Å². The number of methoxy groups -OCH3 is 1. The highest BCUT2D eigenvalue weighted by Crippen LogP contribution is 2.45. The van der Waals surface area contributed by atoms with Crippen LogP contribution in [-0.4, -0.2) is 88.9 Å². The monoisotopic (exact) mass is 790 g/mol. The van der Waals surface area contributed by atoms with Crippen LogP contribution >= 0.6 is 0 Å². The zero-order chi connectivity index (χ0) is 41.5. The van der Waals surface area contributed by atoms with Crippen molar-refractivity contribution in [3.05, 3.63) is 95.2 Å². The Morgan fingerprint density at radius 1 is 0.982 bits per heavy atom. The minimum Gasteiger partial charge on any atom is -0.478 e. The number of aryl methyl sites for hydroxylation is 2. The maximum absolute atomic E-state index is 13.8. The highest BCUT2D eigenvalue weighted by atomic mass is 19.4. The van der Waals surface area contributed by atoms with E-state index >= 15 is 0 Å². The Morgan fingerprint density at radius 2 is 1.63 bits per heavy atom. The van der Waals surface area contributed by atoms with Gasteiger partial charge < -0.3 is 35.2 Å². The Kier molecular flexibility index (Phi) is 12.4. The Hall–Kier alpha value is -6.69. The Labute approximate surface area is 323 Å². The lowest BCUT2D eigenvalue weighted by atomic mass is 9.85. The number of amides is 2. The van der Waals surface area contributed by atoms with Crippen LogP contribution in [-0.2, 0) is 41.6 Å². The molecule has 1 saturated heterocycles. The van der Waals surface area contributed by atoms with Crippen molar-refractivity contribution in [3.63, 3.8) is 0 Å². The third kappa shape index (κ3) is 9.07. The van der Waals surface area contributed by atoms with Gasteiger partial charge in [-0.3, -0.25) is 19.8 Å². The number of nitrogens with zero attached hydrogens (tertiary/aromatic N) is 3. The summed E-state index contributed by atoms with van der Waals surface area (Å²) in [5, 5.41) is 12.8. The van der Waals surface area contributed by atoms with Crippen molar-refractivity contribution in [1.29, 1.82) is 0 Å². The number of nitrogen functional groups attached to an aromatic ring is 1. The second-order valence-corrected chi connectivity index (χ2v) is 13.1. The number of aromatic nitrogens is 2. The van der Waals surface area contributed by atoms with Crippen LogP contribution in [0.3, 0.4) is 0 Å². The van der Waals surface area contributed by atoms with Crippen molar-refractivity contribution in [2.75, 3.05) is 30.9 Å². The predicted molar refractivity (Wildman–Crippen MR) is 198 cm³/mol. The molecule has 0 spiro atoms. The number of alkyl halides is 3. The van der Waals surface area contributed by atoms with Gasteiger partial charge in [0.05, 0.1) is 37.2 Å². The number of ether oxygens (including phenoxy) is 2. The SMILES string of the molecule is COC(=O)[C@]1(Cc2ccc(N3C(=O)CNC(=O)c4cc(CCCOc5cc(C)nc(N)n5)ccc43)c(-c3ccccc3)c2)NC1(C=O)CC=O.O=C(O)C(F)(F)F. The molecule has 0 bridgehead atoms. The van der Waals surface area contributed by atoms with E-state index in [4.69, 9.17) is 25.1 Å². The Bertz CT molecular complexity index is 2180. The van der Waals surface area contributed by atoms with Crippen molar-refractivity contribution in [3.8, 4) is 17.0 Å². The number of esters is 1. The van der Waals surface area contributed by atoms with E-state index in [0.717, 1.165) is 11.1 Å². The van der Waals surface area contributed by atoms with Gasteiger partial charge in [0.2, 0.25) is 11.8 Å². The molecule has 1 unspecified atom stereocenters. The van der Waals surface area contributed by atoms with Crippen LogP contribution in [0.5, 0.6) is 5.88 Å². The average Bonchev–Trinajstić information content (AvgIpc) is 3.85. The van der Waals surface area contributed by atoms with Crippen LogP contribution in [0.4, 0.5) is 30.5 Å². The minimum atomic E-state index is -5.08. The summed E-state index contributed by atoms with van der Waals surface area (Å²) in [6, 6.07) is 21.9. The zero-order valence-corrected chi connectivity index (χ0v) is 30.6. The lowest BCUT2D eigenvalue weighted by Crippen LogP contribution is -2.39. The molecule has 0 radical (unpaired) electrons. The molecule has 1 fully saturated rings. The van der Waals surface area contributed by atoms with Gasteiger partial charge in [0.25, 0.3) is 11.8 Å². The van der Waals surface area contributed by atoms with Crippen molar-refractivity contribution in [2.45, 2.75) is 49.9 Å². The fourth-order valence-electron chi connectivity index (χ4n) is 6.54. The van der Waals surface area contributed by atoms with E-state index in [0.29, 0.717) is 71.7 Å². The number of halogens is 3. The third-order valence-electron chi connectivity index (χ3n) is 9.28. The van der Waals surface area contributed by atoms with Crippen molar-refractivity contribution < 1.29 is 56.5 Å². The van der Waals surface area contributed by atoms with E-state index < -0.39 is 29.2 Å². The van der Waals surface area contributed by atoms with Crippen LogP contribution in [0.25, 0.3) is 11.1 Å². The molecule has 4 aromatic rings. The van der Waals surface area contributed by atoms with Crippen LogP contribution in [0, 0.1) is 6.92 Å². The first-order valence-electron chi connectivity index (χ1n) is 17.3. The molecule has 298 valence electrons. The van der Waals surface area contributed by atoms with Gasteiger partial charge in [0.15, 0.2) is 0 Å². The molecule has 2 atom stereocenters. The lowest BCUT2D eigenvalue weighted by Gasteiger charge is -2.26. The van der Waals surface area contributed by atoms with E-state index in [-0.39, 0.29) is 37.1 Å².